The van der Waals surface area contributed by atoms with E-state index < -0.39 is 0 Å². The Morgan fingerprint density at radius 3 is 1.25 bits per heavy atom. The number of para-hydroxylation sites is 3. The topological polar surface area (TPSA) is 8.17 Å². The van der Waals surface area contributed by atoms with E-state index in [1.807, 2.05) is 0 Å². The predicted octanol–water partition coefficient (Wildman–Crippen LogP) is 14.9. The van der Waals surface area contributed by atoms with E-state index in [1.54, 1.807) is 0 Å². The van der Waals surface area contributed by atoms with E-state index in [1.165, 1.54) is 72.0 Å². The summed E-state index contributed by atoms with van der Waals surface area (Å²) >= 11 is 0. The third kappa shape index (κ3) is 6.14. The van der Waals surface area contributed by atoms with E-state index in [4.69, 9.17) is 0 Å². The van der Waals surface area contributed by atoms with Crippen LogP contribution in [0.15, 0.2) is 231 Å². The van der Waals surface area contributed by atoms with Gasteiger partial charge in [-0.15, -0.1) is 0 Å². The number of hydrogen-bond acceptors (Lipinski definition) is 1. The Bertz CT molecular complexity index is 2870. The van der Waals surface area contributed by atoms with Gasteiger partial charge in [-0.25, -0.2) is 0 Å². The molecule has 2 heteroatoms. The normalized spacial score (nSPS) is 11.2. The van der Waals surface area contributed by atoms with Crippen LogP contribution in [0.2, 0.25) is 0 Å². The van der Waals surface area contributed by atoms with Crippen LogP contribution in [-0.4, -0.2) is 4.57 Å². The van der Waals surface area contributed by atoms with Crippen molar-refractivity contribution in [1.82, 2.24) is 4.57 Å². The molecule has 9 aromatic carbocycles. The highest BCUT2D eigenvalue weighted by Gasteiger charge is 2.17. The van der Waals surface area contributed by atoms with Crippen molar-refractivity contribution in [2.45, 2.75) is 0 Å². The Balaban J connectivity index is 0.993. The average Bonchev–Trinajstić information content (AvgIpc) is 3.62. The number of aromatic nitrogens is 1. The lowest BCUT2D eigenvalue weighted by Crippen LogP contribution is -2.10. The molecular weight excluding hydrogens is 677 g/mol. The summed E-state index contributed by atoms with van der Waals surface area (Å²) in [5.41, 5.74) is 16.5. The largest absolute Gasteiger partial charge is 0.310 e. The van der Waals surface area contributed by atoms with Gasteiger partial charge in [0.15, 0.2) is 0 Å². The second-order valence-corrected chi connectivity index (χ2v) is 14.2. The molecule has 0 fully saturated rings. The van der Waals surface area contributed by atoms with Crippen LogP contribution in [0, 0.1) is 0 Å². The predicted molar refractivity (Wildman–Crippen MR) is 237 cm³/mol. The van der Waals surface area contributed by atoms with E-state index in [0.29, 0.717) is 0 Å². The highest BCUT2D eigenvalue weighted by atomic mass is 15.1. The van der Waals surface area contributed by atoms with Crippen molar-refractivity contribution in [1.29, 1.82) is 0 Å². The number of hydrogen-bond donors (Lipinski definition) is 0. The van der Waals surface area contributed by atoms with Crippen LogP contribution in [0.1, 0.15) is 0 Å². The summed E-state index contributed by atoms with van der Waals surface area (Å²) in [6, 6.07) is 82.9. The van der Waals surface area contributed by atoms with E-state index in [-0.39, 0.29) is 0 Å². The summed E-state index contributed by atoms with van der Waals surface area (Å²) in [6.45, 7) is 0. The molecule has 0 amide bonds. The van der Waals surface area contributed by atoms with Crippen molar-refractivity contribution in [2.75, 3.05) is 4.90 Å². The highest BCUT2D eigenvalue weighted by molar-refractivity contribution is 6.09. The molecule has 1 aromatic heterocycles. The molecule has 0 atom stereocenters. The zero-order valence-electron chi connectivity index (χ0n) is 30.8. The fourth-order valence-electron chi connectivity index (χ4n) is 8.08. The molecule has 0 unspecified atom stereocenters. The first kappa shape index (κ1) is 33.2. The van der Waals surface area contributed by atoms with Crippen LogP contribution < -0.4 is 4.90 Å². The number of benzene rings is 9. The second kappa shape index (κ2) is 14.4. The van der Waals surface area contributed by atoms with Crippen LogP contribution in [0.5, 0.6) is 0 Å². The minimum absolute atomic E-state index is 1.10. The van der Waals surface area contributed by atoms with Crippen molar-refractivity contribution in [3.8, 4) is 50.2 Å². The summed E-state index contributed by atoms with van der Waals surface area (Å²) in [7, 11) is 0. The summed E-state index contributed by atoms with van der Waals surface area (Å²) in [5.74, 6) is 0. The zero-order valence-corrected chi connectivity index (χ0v) is 30.8. The summed E-state index contributed by atoms with van der Waals surface area (Å²) < 4.78 is 2.41. The molecule has 264 valence electrons. The molecule has 56 heavy (non-hydrogen) atoms. The molecule has 0 saturated carbocycles. The lowest BCUT2D eigenvalue weighted by molar-refractivity contribution is 1.18. The van der Waals surface area contributed by atoms with E-state index >= 15 is 0 Å². The monoisotopic (exact) mass is 714 g/mol. The Kier molecular flexibility index (Phi) is 8.55. The van der Waals surface area contributed by atoms with Gasteiger partial charge in [0.25, 0.3) is 0 Å². The molecule has 0 radical (unpaired) electrons. The average molecular weight is 715 g/mol. The number of rotatable bonds is 8. The fraction of sp³-hybridized carbons (Fsp3) is 0. The fourth-order valence-corrected chi connectivity index (χ4v) is 8.08. The standard InChI is InChI=1S/C54H38N2/c1-3-14-39(15-4-1)42-30-34-46(35-31-42)55(48-19-13-18-45(38-48)40-16-5-2-6-17-40)47-36-32-43(33-37-47)41-26-28-44(29-27-41)49-20-7-10-23-52(49)56-53-24-11-8-21-50(53)51-22-9-12-25-54(51)56/h1-38H. The number of anilines is 3. The van der Waals surface area contributed by atoms with Gasteiger partial charge in [0, 0.05) is 33.4 Å². The summed E-state index contributed by atoms with van der Waals surface area (Å²) in [4.78, 5) is 2.35. The van der Waals surface area contributed by atoms with Gasteiger partial charge in [0.05, 0.1) is 16.7 Å². The van der Waals surface area contributed by atoms with E-state index in [2.05, 4.69) is 240 Å². The molecule has 0 bridgehead atoms. The van der Waals surface area contributed by atoms with Gasteiger partial charge >= 0.3 is 0 Å². The van der Waals surface area contributed by atoms with Crippen LogP contribution in [0.4, 0.5) is 17.1 Å². The third-order valence-corrected chi connectivity index (χ3v) is 10.8. The van der Waals surface area contributed by atoms with Crippen molar-refractivity contribution in [2.24, 2.45) is 0 Å². The van der Waals surface area contributed by atoms with E-state index in [9.17, 15) is 0 Å². The highest BCUT2D eigenvalue weighted by Crippen LogP contribution is 2.40. The molecular formula is C54H38N2. The molecule has 10 rings (SSSR count). The number of nitrogens with zero attached hydrogens (tertiary/aromatic N) is 2. The quantitative estimate of drug-likeness (QED) is 0.152. The molecule has 0 spiro atoms. The molecule has 0 aliphatic carbocycles. The number of fused-ring (bicyclic) bond motifs is 3. The Morgan fingerprint density at radius 1 is 0.268 bits per heavy atom. The molecule has 2 nitrogen and oxygen atoms in total. The Hall–Kier alpha value is -7.42. The van der Waals surface area contributed by atoms with E-state index in [0.717, 1.165) is 17.1 Å². The van der Waals surface area contributed by atoms with Gasteiger partial charge in [-0.05, 0) is 93.5 Å². The first-order valence-electron chi connectivity index (χ1n) is 19.2. The maximum atomic E-state index is 2.41. The van der Waals surface area contributed by atoms with Gasteiger partial charge < -0.3 is 9.47 Å². The summed E-state index contributed by atoms with van der Waals surface area (Å²) in [5, 5.41) is 2.53. The van der Waals surface area contributed by atoms with Gasteiger partial charge in [-0.1, -0.05) is 176 Å². The van der Waals surface area contributed by atoms with Crippen molar-refractivity contribution in [3.05, 3.63) is 231 Å². The smallest absolute Gasteiger partial charge is 0.0541 e. The Labute approximate surface area is 327 Å². The first-order valence-corrected chi connectivity index (χ1v) is 19.2. The second-order valence-electron chi connectivity index (χ2n) is 14.2. The SMILES string of the molecule is c1ccc(-c2ccc(N(c3ccc(-c4ccc(-c5ccccc5-n5c6ccccc6c6ccccc65)cc4)cc3)c3cccc(-c4ccccc4)c3)cc2)cc1. The lowest BCUT2D eigenvalue weighted by Gasteiger charge is -2.26. The van der Waals surface area contributed by atoms with Gasteiger partial charge in [0.1, 0.15) is 0 Å². The van der Waals surface area contributed by atoms with Gasteiger partial charge in [0.2, 0.25) is 0 Å². The maximum Gasteiger partial charge on any atom is 0.0541 e. The molecule has 0 saturated heterocycles. The van der Waals surface area contributed by atoms with Crippen LogP contribution in [0.3, 0.4) is 0 Å². The summed E-state index contributed by atoms with van der Waals surface area (Å²) in [6.07, 6.45) is 0. The molecule has 0 aliphatic heterocycles. The third-order valence-electron chi connectivity index (χ3n) is 10.8. The van der Waals surface area contributed by atoms with Crippen LogP contribution in [0.25, 0.3) is 72.0 Å². The minimum atomic E-state index is 1.10. The lowest BCUT2D eigenvalue weighted by atomic mass is 9.98. The molecule has 0 N–H and O–H groups in total. The van der Waals surface area contributed by atoms with Gasteiger partial charge in [-0.3, -0.25) is 0 Å². The Morgan fingerprint density at radius 2 is 0.679 bits per heavy atom. The van der Waals surface area contributed by atoms with Crippen molar-refractivity contribution in [3.63, 3.8) is 0 Å². The van der Waals surface area contributed by atoms with Crippen molar-refractivity contribution < 1.29 is 0 Å². The van der Waals surface area contributed by atoms with Crippen molar-refractivity contribution >= 4 is 38.9 Å². The van der Waals surface area contributed by atoms with Gasteiger partial charge in [-0.2, -0.15) is 0 Å². The molecule has 1 heterocycles. The van der Waals surface area contributed by atoms with Crippen LogP contribution >= 0.6 is 0 Å². The zero-order chi connectivity index (χ0) is 37.3. The maximum absolute atomic E-state index is 2.41. The molecule has 10 aromatic rings. The molecule has 0 aliphatic rings. The first-order chi connectivity index (χ1) is 27.8. The van der Waals surface area contributed by atoms with Crippen LogP contribution in [-0.2, 0) is 0 Å². The minimum Gasteiger partial charge on any atom is -0.310 e.